The second-order valence-electron chi connectivity index (χ2n) is 6.62. The number of benzene rings is 1. The van der Waals surface area contributed by atoms with Crippen molar-refractivity contribution < 1.29 is 13.9 Å². The predicted octanol–water partition coefficient (Wildman–Crippen LogP) is 4.37. The number of rotatable bonds is 7. The molecule has 4 rings (SSSR count). The Labute approximate surface area is 178 Å². The molecule has 0 aliphatic heterocycles. The first-order valence-electron chi connectivity index (χ1n) is 9.33. The van der Waals surface area contributed by atoms with Crippen LogP contribution in [0, 0.1) is 6.92 Å². The predicted molar refractivity (Wildman–Crippen MR) is 113 cm³/mol. The van der Waals surface area contributed by atoms with Crippen molar-refractivity contribution in [3.63, 3.8) is 0 Å². The number of esters is 1. The number of carbonyl (C=O) groups excluding carboxylic acids is 1. The molecular weight excluding hydrogens is 400 g/mol. The summed E-state index contributed by atoms with van der Waals surface area (Å²) in [5.41, 5.74) is 2.85. The molecule has 3 heterocycles. The zero-order chi connectivity index (χ0) is 20.9. The van der Waals surface area contributed by atoms with Crippen LogP contribution in [0.3, 0.4) is 0 Å². The fourth-order valence-corrected chi connectivity index (χ4v) is 3.89. The SMILES string of the molecule is COC(=O)c1oc(CSc2nnc(-c3ccncc3)n2Cc2ccccc2)cc1C. The number of aryl methyl sites for hydroxylation is 1. The molecule has 0 atom stereocenters. The molecule has 4 aromatic rings. The number of furan rings is 1. The lowest BCUT2D eigenvalue weighted by atomic mass is 10.2. The minimum Gasteiger partial charge on any atom is -0.463 e. The average molecular weight is 420 g/mol. The molecule has 0 radical (unpaired) electrons. The van der Waals surface area contributed by atoms with Gasteiger partial charge in [-0.3, -0.25) is 9.55 Å². The van der Waals surface area contributed by atoms with Gasteiger partial charge in [0.05, 0.1) is 19.4 Å². The van der Waals surface area contributed by atoms with Crippen molar-refractivity contribution in [2.75, 3.05) is 7.11 Å². The van der Waals surface area contributed by atoms with Gasteiger partial charge >= 0.3 is 5.97 Å². The molecule has 0 spiro atoms. The maximum atomic E-state index is 11.8. The van der Waals surface area contributed by atoms with E-state index in [-0.39, 0.29) is 5.76 Å². The largest absolute Gasteiger partial charge is 0.463 e. The molecule has 8 heteroatoms. The third kappa shape index (κ3) is 4.28. The van der Waals surface area contributed by atoms with Crippen LogP contribution < -0.4 is 0 Å². The second-order valence-corrected chi connectivity index (χ2v) is 7.56. The molecule has 0 aliphatic rings. The van der Waals surface area contributed by atoms with E-state index in [2.05, 4.69) is 31.9 Å². The van der Waals surface area contributed by atoms with E-state index < -0.39 is 5.97 Å². The molecule has 0 bridgehead atoms. The number of ether oxygens (including phenoxy) is 1. The summed E-state index contributed by atoms with van der Waals surface area (Å²) in [6, 6.07) is 15.8. The number of carbonyl (C=O) groups is 1. The fraction of sp³-hybridized carbons (Fsp3) is 0.182. The Kier molecular flexibility index (Phi) is 5.94. The number of pyridine rings is 1. The minimum atomic E-state index is -0.476. The van der Waals surface area contributed by atoms with E-state index in [1.165, 1.54) is 18.9 Å². The van der Waals surface area contributed by atoms with Crippen molar-refractivity contribution in [1.29, 1.82) is 0 Å². The van der Waals surface area contributed by atoms with Crippen LogP contribution in [0.5, 0.6) is 0 Å². The molecule has 1 aromatic carbocycles. The van der Waals surface area contributed by atoms with Crippen LogP contribution in [0.15, 0.2) is 70.5 Å². The van der Waals surface area contributed by atoms with E-state index in [4.69, 9.17) is 9.15 Å². The van der Waals surface area contributed by atoms with Crippen molar-refractivity contribution in [3.05, 3.63) is 83.6 Å². The molecule has 0 saturated carbocycles. The molecule has 0 aliphatic carbocycles. The quantitative estimate of drug-likeness (QED) is 0.324. The highest BCUT2D eigenvalue weighted by molar-refractivity contribution is 7.98. The van der Waals surface area contributed by atoms with Gasteiger partial charge in [0.2, 0.25) is 5.76 Å². The molecule has 0 N–H and O–H groups in total. The summed E-state index contributed by atoms with van der Waals surface area (Å²) < 4.78 is 12.5. The van der Waals surface area contributed by atoms with E-state index in [0.717, 1.165) is 27.7 Å². The zero-order valence-corrected chi connectivity index (χ0v) is 17.4. The highest BCUT2D eigenvalue weighted by Crippen LogP contribution is 2.28. The Morgan fingerprint density at radius 1 is 1.13 bits per heavy atom. The van der Waals surface area contributed by atoms with Gasteiger partial charge in [-0.15, -0.1) is 10.2 Å². The van der Waals surface area contributed by atoms with Crippen molar-refractivity contribution in [1.82, 2.24) is 19.7 Å². The molecule has 152 valence electrons. The van der Waals surface area contributed by atoms with E-state index >= 15 is 0 Å². The van der Waals surface area contributed by atoms with Gasteiger partial charge in [0, 0.05) is 23.5 Å². The maximum Gasteiger partial charge on any atom is 0.374 e. The van der Waals surface area contributed by atoms with Gasteiger partial charge in [0.1, 0.15) is 5.76 Å². The van der Waals surface area contributed by atoms with Gasteiger partial charge in [0.15, 0.2) is 11.0 Å². The number of hydrogen-bond acceptors (Lipinski definition) is 7. The molecule has 3 aromatic heterocycles. The number of hydrogen-bond donors (Lipinski definition) is 0. The van der Waals surface area contributed by atoms with Crippen LogP contribution >= 0.6 is 11.8 Å². The molecule has 0 fully saturated rings. The average Bonchev–Trinajstić information content (AvgIpc) is 3.36. The summed E-state index contributed by atoms with van der Waals surface area (Å²) in [5, 5.41) is 9.59. The third-order valence-corrected chi connectivity index (χ3v) is 5.51. The molecular formula is C22H20N4O3S. The van der Waals surface area contributed by atoms with Crippen molar-refractivity contribution in [2.24, 2.45) is 0 Å². The summed E-state index contributed by atoms with van der Waals surface area (Å²) in [6.45, 7) is 2.46. The van der Waals surface area contributed by atoms with Crippen LogP contribution in [0.4, 0.5) is 0 Å². The molecule has 0 saturated heterocycles. The standard InChI is InChI=1S/C22H20N4O3S/c1-15-12-18(29-19(15)21(27)28-2)14-30-22-25-24-20(17-8-10-23-11-9-17)26(22)13-16-6-4-3-5-7-16/h3-12H,13-14H2,1-2H3. The van der Waals surface area contributed by atoms with Crippen LogP contribution in [-0.2, 0) is 17.0 Å². The number of aromatic nitrogens is 4. The highest BCUT2D eigenvalue weighted by atomic mass is 32.2. The summed E-state index contributed by atoms with van der Waals surface area (Å²) in [4.78, 5) is 15.9. The summed E-state index contributed by atoms with van der Waals surface area (Å²) in [6.07, 6.45) is 3.48. The molecule has 7 nitrogen and oxygen atoms in total. The van der Waals surface area contributed by atoms with Crippen LogP contribution in [-0.4, -0.2) is 32.8 Å². The molecule has 0 unspecified atom stereocenters. The first kappa shape index (κ1) is 19.9. The monoisotopic (exact) mass is 420 g/mol. The van der Waals surface area contributed by atoms with E-state index in [1.54, 1.807) is 12.4 Å². The van der Waals surface area contributed by atoms with E-state index in [1.807, 2.05) is 43.3 Å². The maximum absolute atomic E-state index is 11.8. The summed E-state index contributed by atoms with van der Waals surface area (Å²) in [7, 11) is 1.34. The van der Waals surface area contributed by atoms with E-state index in [9.17, 15) is 4.79 Å². The van der Waals surface area contributed by atoms with Gasteiger partial charge in [-0.05, 0) is 30.7 Å². The first-order chi connectivity index (χ1) is 14.7. The van der Waals surface area contributed by atoms with Crippen LogP contribution in [0.2, 0.25) is 0 Å². The fourth-order valence-electron chi connectivity index (χ4n) is 3.07. The smallest absolute Gasteiger partial charge is 0.374 e. The zero-order valence-electron chi connectivity index (χ0n) is 16.6. The first-order valence-corrected chi connectivity index (χ1v) is 10.3. The lowest BCUT2D eigenvalue weighted by Crippen LogP contribution is -2.04. The van der Waals surface area contributed by atoms with Gasteiger partial charge in [0.25, 0.3) is 0 Å². The van der Waals surface area contributed by atoms with Gasteiger partial charge in [-0.25, -0.2) is 4.79 Å². The van der Waals surface area contributed by atoms with Gasteiger partial charge < -0.3 is 9.15 Å². The Morgan fingerprint density at radius 2 is 1.90 bits per heavy atom. The summed E-state index contributed by atoms with van der Waals surface area (Å²) in [5.74, 6) is 1.72. The number of thioether (sulfide) groups is 1. The van der Waals surface area contributed by atoms with Gasteiger partial charge in [-0.2, -0.15) is 0 Å². The number of methoxy groups -OCH3 is 1. The lowest BCUT2D eigenvalue weighted by molar-refractivity contribution is 0.0562. The summed E-state index contributed by atoms with van der Waals surface area (Å²) >= 11 is 1.50. The normalized spacial score (nSPS) is 10.9. The van der Waals surface area contributed by atoms with Crippen LogP contribution in [0.25, 0.3) is 11.4 Å². The van der Waals surface area contributed by atoms with Crippen LogP contribution in [0.1, 0.15) is 27.4 Å². The van der Waals surface area contributed by atoms with E-state index in [0.29, 0.717) is 18.1 Å². The molecule has 30 heavy (non-hydrogen) atoms. The second kappa shape index (κ2) is 8.96. The lowest BCUT2D eigenvalue weighted by Gasteiger charge is -2.10. The van der Waals surface area contributed by atoms with Gasteiger partial charge in [-0.1, -0.05) is 42.1 Å². The Bertz CT molecular complexity index is 1140. The Morgan fingerprint density at radius 3 is 2.63 bits per heavy atom. The minimum absolute atomic E-state index is 0.233. The highest BCUT2D eigenvalue weighted by Gasteiger charge is 2.19. The Hall–Kier alpha value is -3.39. The van der Waals surface area contributed by atoms with Crippen molar-refractivity contribution in [2.45, 2.75) is 24.4 Å². The molecule has 0 amide bonds. The van der Waals surface area contributed by atoms with Crippen molar-refractivity contribution >= 4 is 17.7 Å². The number of nitrogens with zero attached hydrogens (tertiary/aromatic N) is 4. The van der Waals surface area contributed by atoms with Crippen molar-refractivity contribution in [3.8, 4) is 11.4 Å². The topological polar surface area (TPSA) is 83.0 Å². The third-order valence-electron chi connectivity index (χ3n) is 4.52. The Balaban J connectivity index is 1.61.